The molecule has 4 aromatic rings. The Hall–Kier alpha value is -4.59. The number of carbonyl (C=O) groups is 2. The lowest BCUT2D eigenvalue weighted by Gasteiger charge is -2.13. The maximum Gasteiger partial charge on any atom is 0.327 e. The fourth-order valence-corrected chi connectivity index (χ4v) is 4.09. The Kier molecular flexibility index (Phi) is 5.25. The fraction of sp³-hybridized carbons (Fsp3) is 0.0769. The van der Waals surface area contributed by atoms with Gasteiger partial charge in [-0.05, 0) is 36.8 Å². The number of para-hydroxylation sites is 1. The molecule has 2 aromatic carbocycles. The van der Waals surface area contributed by atoms with Crippen molar-refractivity contribution in [1.29, 1.82) is 0 Å². The molecule has 2 amide bonds. The topological polar surface area (TPSA) is 79.1 Å². The number of carbonyl (C=O) groups excluding carboxylic acids is 2. The molecule has 5 rings (SSSR count). The lowest BCUT2D eigenvalue weighted by Crippen LogP contribution is -2.39. The van der Waals surface area contributed by atoms with Gasteiger partial charge in [-0.1, -0.05) is 36.4 Å². The summed E-state index contributed by atoms with van der Waals surface area (Å²) >= 11 is 0. The monoisotopic (exact) mass is 455 g/mol. The highest BCUT2D eigenvalue weighted by atomic mass is 19.1. The van der Waals surface area contributed by atoms with E-state index in [4.69, 9.17) is 0 Å². The van der Waals surface area contributed by atoms with Crippen LogP contribution in [0.5, 0.6) is 0 Å². The van der Waals surface area contributed by atoms with E-state index in [1.165, 1.54) is 28.9 Å². The number of H-pyrrole nitrogens is 1. The van der Waals surface area contributed by atoms with Crippen LogP contribution in [0.3, 0.4) is 0 Å². The standard InChI is InChI=1S/C26H19FN4O3/c1-17-21(25(33)31(28-17)20-8-4-2-5-9-20)22-23(29-14-6-3-7-15-29)26(34)30(24(22)32)16-18-10-12-19(27)13-11-18/h2-15H,16H2,1H3/p+1. The smallest absolute Gasteiger partial charge is 0.295 e. The molecule has 0 unspecified atom stereocenters. The van der Waals surface area contributed by atoms with Gasteiger partial charge in [-0.2, -0.15) is 4.57 Å². The summed E-state index contributed by atoms with van der Waals surface area (Å²) in [4.78, 5) is 41.7. The van der Waals surface area contributed by atoms with Gasteiger partial charge < -0.3 is 0 Å². The minimum Gasteiger partial charge on any atom is -0.295 e. The van der Waals surface area contributed by atoms with Crippen LogP contribution in [0.15, 0.2) is 90.0 Å². The number of aromatic nitrogens is 3. The zero-order valence-electron chi connectivity index (χ0n) is 18.2. The van der Waals surface area contributed by atoms with Gasteiger partial charge in [0.2, 0.25) is 0 Å². The Morgan fingerprint density at radius 1 is 0.853 bits per heavy atom. The third-order valence-electron chi connectivity index (χ3n) is 5.71. The second-order valence-corrected chi connectivity index (χ2v) is 7.92. The number of nitrogens with zero attached hydrogens (tertiary/aromatic N) is 3. The number of nitrogens with one attached hydrogen (secondary N) is 1. The third-order valence-corrected chi connectivity index (χ3v) is 5.71. The van der Waals surface area contributed by atoms with Crippen molar-refractivity contribution in [3.63, 3.8) is 0 Å². The zero-order chi connectivity index (χ0) is 23.8. The third kappa shape index (κ3) is 3.55. The number of aryl methyl sites for hydroxylation is 1. The summed E-state index contributed by atoms with van der Waals surface area (Å²) in [5, 5.41) is 3.02. The number of halogens is 1. The molecule has 168 valence electrons. The van der Waals surface area contributed by atoms with Gasteiger partial charge in [0, 0.05) is 17.8 Å². The second-order valence-electron chi connectivity index (χ2n) is 7.92. The molecule has 0 aliphatic carbocycles. The molecule has 0 saturated heterocycles. The molecule has 7 nitrogen and oxygen atoms in total. The number of imide groups is 1. The van der Waals surface area contributed by atoms with Crippen molar-refractivity contribution in [3.8, 4) is 5.69 Å². The number of pyridine rings is 1. The van der Waals surface area contributed by atoms with E-state index in [-0.39, 0.29) is 23.4 Å². The van der Waals surface area contributed by atoms with Crippen molar-refractivity contribution in [3.05, 3.63) is 118 Å². The number of rotatable bonds is 5. The molecule has 8 heteroatoms. The maximum atomic E-state index is 13.6. The molecule has 0 saturated carbocycles. The van der Waals surface area contributed by atoms with Crippen LogP contribution in [0.2, 0.25) is 0 Å². The van der Waals surface area contributed by atoms with E-state index in [0.717, 1.165) is 4.90 Å². The highest BCUT2D eigenvalue weighted by molar-refractivity contribution is 6.44. The van der Waals surface area contributed by atoms with Crippen molar-refractivity contribution in [2.45, 2.75) is 13.5 Å². The van der Waals surface area contributed by atoms with E-state index in [0.29, 0.717) is 16.9 Å². The Bertz CT molecular complexity index is 1490. The minimum atomic E-state index is -0.583. The highest BCUT2D eigenvalue weighted by Gasteiger charge is 2.47. The summed E-state index contributed by atoms with van der Waals surface area (Å²) < 4.78 is 16.2. The SMILES string of the molecule is Cc1[nH]n(-c2ccccc2)c(=O)c1C1=C([n+]2ccccc2)C(=O)N(Cc2ccc(F)cc2)C1=O. The van der Waals surface area contributed by atoms with E-state index in [1.54, 1.807) is 66.3 Å². The minimum absolute atomic E-state index is 0.0248. The highest BCUT2D eigenvalue weighted by Crippen LogP contribution is 2.30. The number of aromatic amines is 1. The van der Waals surface area contributed by atoms with Crippen LogP contribution >= 0.6 is 0 Å². The van der Waals surface area contributed by atoms with E-state index < -0.39 is 23.2 Å². The van der Waals surface area contributed by atoms with Crippen molar-refractivity contribution in [2.75, 3.05) is 0 Å². The quantitative estimate of drug-likeness (QED) is 0.371. The first kappa shape index (κ1) is 21.3. The molecule has 1 aliphatic rings. The van der Waals surface area contributed by atoms with Gasteiger partial charge in [0.15, 0.2) is 12.4 Å². The predicted molar refractivity (Wildman–Crippen MR) is 123 cm³/mol. The number of hydrogen-bond acceptors (Lipinski definition) is 3. The predicted octanol–water partition coefficient (Wildman–Crippen LogP) is 2.84. The molecule has 1 aliphatic heterocycles. The summed E-state index contributed by atoms with van der Waals surface area (Å²) in [6.45, 7) is 1.64. The number of amides is 2. The molecular weight excluding hydrogens is 435 g/mol. The molecule has 0 bridgehead atoms. The van der Waals surface area contributed by atoms with E-state index in [9.17, 15) is 18.8 Å². The van der Waals surface area contributed by atoms with Gasteiger partial charge in [0.05, 0.1) is 17.8 Å². The maximum absolute atomic E-state index is 13.6. The Labute approximate surface area is 194 Å². The Balaban J connectivity index is 1.67. The first-order chi connectivity index (χ1) is 16.5. The van der Waals surface area contributed by atoms with E-state index in [1.807, 2.05) is 6.07 Å². The van der Waals surface area contributed by atoms with Crippen LogP contribution in [0.1, 0.15) is 16.8 Å². The van der Waals surface area contributed by atoms with Gasteiger partial charge >= 0.3 is 5.91 Å². The van der Waals surface area contributed by atoms with Crippen molar-refractivity contribution >= 4 is 23.1 Å². The van der Waals surface area contributed by atoms with Gasteiger partial charge in [0.25, 0.3) is 17.2 Å². The Morgan fingerprint density at radius 3 is 2.18 bits per heavy atom. The second kappa shape index (κ2) is 8.40. The average Bonchev–Trinajstić information content (AvgIpc) is 3.28. The molecule has 0 atom stereocenters. The number of benzene rings is 2. The fourth-order valence-electron chi connectivity index (χ4n) is 4.09. The summed E-state index contributed by atoms with van der Waals surface area (Å²) in [7, 11) is 0. The van der Waals surface area contributed by atoms with Crippen molar-refractivity contribution < 1.29 is 18.5 Å². The van der Waals surface area contributed by atoms with Crippen LogP contribution < -0.4 is 10.1 Å². The lowest BCUT2D eigenvalue weighted by molar-refractivity contribution is -0.576. The van der Waals surface area contributed by atoms with Crippen LogP contribution in [0.25, 0.3) is 17.0 Å². The Morgan fingerprint density at radius 2 is 1.50 bits per heavy atom. The molecule has 0 spiro atoms. The molecule has 1 N–H and O–H groups in total. The van der Waals surface area contributed by atoms with Crippen LogP contribution in [-0.4, -0.2) is 26.5 Å². The van der Waals surface area contributed by atoms with Gasteiger partial charge in [-0.25, -0.2) is 9.07 Å². The van der Waals surface area contributed by atoms with Crippen molar-refractivity contribution in [1.82, 2.24) is 14.7 Å². The van der Waals surface area contributed by atoms with Gasteiger partial charge in [-0.15, -0.1) is 0 Å². The molecule has 0 fully saturated rings. The largest absolute Gasteiger partial charge is 0.327 e. The van der Waals surface area contributed by atoms with Crippen LogP contribution in [-0.2, 0) is 16.1 Å². The van der Waals surface area contributed by atoms with Crippen LogP contribution in [0, 0.1) is 12.7 Å². The zero-order valence-corrected chi connectivity index (χ0v) is 18.2. The van der Waals surface area contributed by atoms with E-state index >= 15 is 0 Å². The van der Waals surface area contributed by atoms with Crippen LogP contribution in [0.4, 0.5) is 4.39 Å². The molecule has 2 aromatic heterocycles. The summed E-state index contributed by atoms with van der Waals surface area (Å²) in [6.07, 6.45) is 3.30. The molecular formula is C26H20FN4O3+. The van der Waals surface area contributed by atoms with Gasteiger partial charge in [0.1, 0.15) is 11.4 Å². The molecule has 3 heterocycles. The molecule has 34 heavy (non-hydrogen) atoms. The number of hydrogen-bond donors (Lipinski definition) is 1. The normalized spacial score (nSPS) is 13.8. The first-order valence-electron chi connectivity index (χ1n) is 10.6. The average molecular weight is 455 g/mol. The summed E-state index contributed by atoms with van der Waals surface area (Å²) in [5.74, 6) is -1.53. The lowest BCUT2D eigenvalue weighted by atomic mass is 10.1. The summed E-state index contributed by atoms with van der Waals surface area (Å²) in [5.41, 5.74) is 1.48. The first-order valence-corrected chi connectivity index (χ1v) is 10.6. The van der Waals surface area contributed by atoms with Crippen molar-refractivity contribution in [2.24, 2.45) is 0 Å². The molecule has 0 radical (unpaired) electrons. The summed E-state index contributed by atoms with van der Waals surface area (Å²) in [6, 6.07) is 19.8. The van der Waals surface area contributed by atoms with E-state index in [2.05, 4.69) is 5.10 Å². The van der Waals surface area contributed by atoms with Gasteiger partial charge in [-0.3, -0.25) is 24.4 Å².